The van der Waals surface area contributed by atoms with Gasteiger partial charge in [-0.2, -0.15) is 13.2 Å². The summed E-state index contributed by atoms with van der Waals surface area (Å²) in [6.07, 6.45) is -1.79. The van der Waals surface area contributed by atoms with Gasteiger partial charge in [-0.3, -0.25) is 0 Å². The summed E-state index contributed by atoms with van der Waals surface area (Å²) < 4.78 is 60.9. The van der Waals surface area contributed by atoms with Gasteiger partial charge >= 0.3 is 6.18 Å². The lowest BCUT2D eigenvalue weighted by Gasteiger charge is -2.40. The monoisotopic (exact) mass is 542 g/mol. The second-order valence-electron chi connectivity index (χ2n) is 7.72. The average Bonchev–Trinajstić information content (AvgIpc) is 3.02. The molecule has 0 aliphatic carbocycles. The second-order valence-corrected chi connectivity index (χ2v) is 10.6. The van der Waals surface area contributed by atoms with E-state index in [1.807, 2.05) is 22.6 Å². The molecule has 9 heteroatoms. The number of thiophene rings is 1. The second kappa shape index (κ2) is 8.84. The molecule has 0 N–H and O–H groups in total. The molecule has 0 atom stereocenters. The van der Waals surface area contributed by atoms with Gasteiger partial charge in [0.1, 0.15) is 0 Å². The molecular weight excluding hydrogens is 519 g/mol. The summed E-state index contributed by atoms with van der Waals surface area (Å²) in [5.74, 6) is 0. The Bertz CT molecular complexity index is 845. The minimum Gasteiger partial charge on any atom is -0.381 e. The Morgan fingerprint density at radius 1 is 1.14 bits per heavy atom. The Labute approximate surface area is 185 Å². The lowest BCUT2D eigenvalue weighted by molar-refractivity contribution is -0.127. The largest absolute Gasteiger partial charge is 0.393 e. The van der Waals surface area contributed by atoms with Crippen LogP contribution < -0.4 is 5.12 Å². The maximum absolute atomic E-state index is 15.4. The lowest BCUT2D eigenvalue weighted by atomic mass is 9.99. The molecule has 0 saturated carbocycles. The Balaban J connectivity index is 1.50. The first-order chi connectivity index (χ1) is 13.8. The molecular formula is C20H23F4IN2OS. The van der Waals surface area contributed by atoms with Gasteiger partial charge in [0.05, 0.1) is 25.7 Å². The number of nitrogens with zero attached hydrogens (tertiary/aromatic N) is 2. The van der Waals surface area contributed by atoms with E-state index in [-0.39, 0.29) is 11.6 Å². The van der Waals surface area contributed by atoms with Gasteiger partial charge in [0.2, 0.25) is 0 Å². The zero-order chi connectivity index (χ0) is 20.6. The summed E-state index contributed by atoms with van der Waals surface area (Å²) in [7, 11) is 0. The molecule has 0 bridgehead atoms. The Kier molecular flexibility index (Phi) is 6.58. The third-order valence-corrected chi connectivity index (χ3v) is 8.25. The van der Waals surface area contributed by atoms with Crippen LogP contribution in [0.3, 0.4) is 0 Å². The molecule has 3 nitrogen and oxygen atoms in total. The fraction of sp³-hybridized carbons (Fsp3) is 0.600. The molecule has 0 spiro atoms. The topological polar surface area (TPSA) is 15.7 Å². The number of piperidine rings is 1. The van der Waals surface area contributed by atoms with Crippen LogP contribution in [0.15, 0.2) is 18.2 Å². The van der Waals surface area contributed by atoms with Crippen LogP contribution in [0.2, 0.25) is 0 Å². The smallest absolute Gasteiger partial charge is 0.381 e. The molecule has 3 heterocycles. The normalized spacial score (nSPS) is 20.4. The number of fused-ring (bicyclic) bond motifs is 1. The quantitative estimate of drug-likeness (QED) is 0.270. The first kappa shape index (κ1) is 21.6. The van der Waals surface area contributed by atoms with Gasteiger partial charge in [-0.1, -0.05) is 16.6 Å². The van der Waals surface area contributed by atoms with E-state index < -0.39 is 12.6 Å². The summed E-state index contributed by atoms with van der Waals surface area (Å²) in [6.45, 7) is 3.26. The van der Waals surface area contributed by atoms with Gasteiger partial charge in [0, 0.05) is 32.3 Å². The zero-order valence-electron chi connectivity index (χ0n) is 15.9. The van der Waals surface area contributed by atoms with Crippen LogP contribution in [0.25, 0.3) is 10.1 Å². The summed E-state index contributed by atoms with van der Waals surface area (Å²) in [5, 5.41) is 1.31. The molecule has 2 fully saturated rings. The number of benzene rings is 1. The summed E-state index contributed by atoms with van der Waals surface area (Å²) in [6, 6.07) is 5.27. The van der Waals surface area contributed by atoms with Crippen molar-refractivity contribution in [2.75, 3.05) is 31.4 Å². The highest BCUT2D eigenvalue weighted by atomic mass is 127. The lowest BCUT2D eigenvalue weighted by Crippen LogP contribution is -2.48. The van der Waals surface area contributed by atoms with Crippen LogP contribution >= 0.6 is 33.9 Å². The molecule has 2 saturated heterocycles. The van der Waals surface area contributed by atoms with E-state index in [1.54, 1.807) is 18.2 Å². The molecule has 2 aliphatic heterocycles. The summed E-state index contributed by atoms with van der Waals surface area (Å²) >= 11 is 3.18. The van der Waals surface area contributed by atoms with Crippen molar-refractivity contribution in [3.8, 4) is 0 Å². The number of hydrogen-bond donors (Lipinski definition) is 0. The van der Waals surface area contributed by atoms with Crippen molar-refractivity contribution in [2.24, 2.45) is 0 Å². The van der Waals surface area contributed by atoms with E-state index in [9.17, 15) is 13.2 Å². The first-order valence-electron chi connectivity index (χ1n) is 9.87. The highest BCUT2D eigenvalue weighted by Gasteiger charge is 2.33. The van der Waals surface area contributed by atoms with Crippen LogP contribution in [-0.4, -0.2) is 49.5 Å². The maximum Gasteiger partial charge on any atom is 0.393 e. The Morgan fingerprint density at radius 3 is 2.48 bits per heavy atom. The summed E-state index contributed by atoms with van der Waals surface area (Å²) in [5.41, 5.74) is 0.644. The van der Waals surface area contributed by atoms with Crippen molar-refractivity contribution in [2.45, 2.75) is 50.4 Å². The van der Waals surface area contributed by atoms with Gasteiger partial charge in [0.25, 0.3) is 0 Å². The third-order valence-electron chi connectivity index (χ3n) is 5.88. The van der Waals surface area contributed by atoms with Crippen molar-refractivity contribution >= 4 is 49.7 Å². The van der Waals surface area contributed by atoms with E-state index in [0.29, 0.717) is 37.5 Å². The Hall–Kier alpha value is -0.650. The van der Waals surface area contributed by atoms with E-state index in [0.717, 1.165) is 44.3 Å². The first-order valence-corrected chi connectivity index (χ1v) is 11.8. The molecule has 0 unspecified atom stereocenters. The molecule has 1 aromatic carbocycles. The number of alkyl halides is 3. The van der Waals surface area contributed by atoms with Crippen LogP contribution in [0, 0.1) is 2.88 Å². The SMILES string of the molecule is FN(c1cccc2c(CC(F)(F)F)c(I)sc12)C1CCN(C2CCOCC2)CC1. The fourth-order valence-electron chi connectivity index (χ4n) is 4.38. The predicted octanol–water partition coefficient (Wildman–Crippen LogP) is 5.95. The van der Waals surface area contributed by atoms with E-state index >= 15 is 4.48 Å². The van der Waals surface area contributed by atoms with Crippen molar-refractivity contribution in [3.63, 3.8) is 0 Å². The van der Waals surface area contributed by atoms with E-state index in [4.69, 9.17) is 4.74 Å². The van der Waals surface area contributed by atoms with Gasteiger partial charge < -0.3 is 9.64 Å². The molecule has 29 heavy (non-hydrogen) atoms. The number of likely N-dealkylation sites (tertiary alicyclic amines) is 1. The highest BCUT2D eigenvalue weighted by molar-refractivity contribution is 14.1. The number of hydrogen-bond acceptors (Lipinski definition) is 4. The standard InChI is InChI=1S/C20H23F4IN2OS/c21-20(22,23)12-16-15-2-1-3-17(18(15)29-19(16)25)27(24)14-4-8-26(9-5-14)13-6-10-28-11-7-13/h1-3,13-14H,4-12H2. The van der Waals surface area contributed by atoms with Crippen LogP contribution in [0.5, 0.6) is 0 Å². The van der Waals surface area contributed by atoms with Crippen molar-refractivity contribution in [1.29, 1.82) is 0 Å². The van der Waals surface area contributed by atoms with Gasteiger partial charge in [-0.15, -0.1) is 11.3 Å². The molecule has 160 valence electrons. The Morgan fingerprint density at radius 2 is 1.83 bits per heavy atom. The van der Waals surface area contributed by atoms with Gasteiger partial charge in [-0.05, 0) is 65.3 Å². The third kappa shape index (κ3) is 4.83. The fourth-order valence-corrected chi connectivity index (χ4v) is 6.57. The highest BCUT2D eigenvalue weighted by Crippen LogP contribution is 2.42. The van der Waals surface area contributed by atoms with E-state index in [2.05, 4.69) is 4.90 Å². The minimum absolute atomic E-state index is 0.248. The van der Waals surface area contributed by atoms with Gasteiger partial charge in [0.15, 0.2) is 0 Å². The summed E-state index contributed by atoms with van der Waals surface area (Å²) in [4.78, 5) is 2.43. The number of rotatable bonds is 4. The van der Waals surface area contributed by atoms with Crippen LogP contribution in [0.4, 0.5) is 23.3 Å². The van der Waals surface area contributed by atoms with Crippen molar-refractivity contribution in [1.82, 2.24) is 4.90 Å². The molecule has 0 radical (unpaired) electrons. The molecule has 1 aromatic heterocycles. The molecule has 0 amide bonds. The van der Waals surface area contributed by atoms with E-state index in [1.165, 1.54) is 11.3 Å². The number of ether oxygens (including phenoxy) is 1. The van der Waals surface area contributed by atoms with Crippen molar-refractivity contribution < 1.29 is 22.4 Å². The number of anilines is 1. The van der Waals surface area contributed by atoms with Gasteiger partial charge in [-0.25, -0.2) is 5.12 Å². The van der Waals surface area contributed by atoms with Crippen LogP contribution in [-0.2, 0) is 11.2 Å². The number of halogens is 5. The maximum atomic E-state index is 15.4. The minimum atomic E-state index is -4.28. The predicted molar refractivity (Wildman–Crippen MR) is 116 cm³/mol. The zero-order valence-corrected chi connectivity index (χ0v) is 18.8. The molecule has 2 aliphatic rings. The van der Waals surface area contributed by atoms with Crippen LogP contribution in [0.1, 0.15) is 31.2 Å². The van der Waals surface area contributed by atoms with Crippen molar-refractivity contribution in [3.05, 3.63) is 26.6 Å². The average molecular weight is 542 g/mol. The molecule has 2 aromatic rings. The molecule has 4 rings (SSSR count).